The highest BCUT2D eigenvalue weighted by Gasteiger charge is 2.51. The van der Waals surface area contributed by atoms with Crippen molar-refractivity contribution in [1.82, 2.24) is 4.90 Å². The molecule has 32 heavy (non-hydrogen) atoms. The fourth-order valence-electron chi connectivity index (χ4n) is 5.32. The van der Waals surface area contributed by atoms with Gasteiger partial charge in [-0.15, -0.1) is 0 Å². The summed E-state index contributed by atoms with van der Waals surface area (Å²) in [5.74, 6) is 0. The number of benzene rings is 3. The molecule has 1 saturated heterocycles. The van der Waals surface area contributed by atoms with Crippen LogP contribution in [0.1, 0.15) is 55.9 Å². The molecule has 0 spiro atoms. The topological polar surface area (TPSA) is 12.5 Å². The first-order chi connectivity index (χ1) is 15.4. The minimum absolute atomic E-state index is 0.0509. The SMILES string of the molecule is CCCOC(C)(C)C1CC(c2ccccc2)(c2ccccc2)CN1Cc1ccc(C)cc1. The van der Waals surface area contributed by atoms with Gasteiger partial charge >= 0.3 is 0 Å². The third kappa shape index (κ3) is 4.67. The molecule has 0 radical (unpaired) electrons. The lowest BCUT2D eigenvalue weighted by Gasteiger charge is -2.38. The molecule has 1 atom stereocenters. The van der Waals surface area contributed by atoms with Crippen LogP contribution < -0.4 is 0 Å². The van der Waals surface area contributed by atoms with E-state index in [9.17, 15) is 0 Å². The van der Waals surface area contributed by atoms with Crippen molar-refractivity contribution in [2.75, 3.05) is 13.2 Å². The molecule has 0 N–H and O–H groups in total. The Hall–Kier alpha value is -2.42. The molecule has 1 aliphatic rings. The van der Waals surface area contributed by atoms with Crippen LogP contribution in [0.15, 0.2) is 84.9 Å². The predicted molar refractivity (Wildman–Crippen MR) is 134 cm³/mol. The Balaban J connectivity index is 1.77. The number of hydrogen-bond donors (Lipinski definition) is 0. The van der Waals surface area contributed by atoms with Crippen LogP contribution in [0.25, 0.3) is 0 Å². The van der Waals surface area contributed by atoms with E-state index in [1.165, 1.54) is 22.3 Å². The van der Waals surface area contributed by atoms with Gasteiger partial charge in [-0.05, 0) is 50.3 Å². The molecule has 3 aromatic rings. The van der Waals surface area contributed by atoms with Gasteiger partial charge in [-0.2, -0.15) is 0 Å². The van der Waals surface area contributed by atoms with Crippen molar-refractivity contribution in [3.63, 3.8) is 0 Å². The van der Waals surface area contributed by atoms with E-state index in [1.807, 2.05) is 0 Å². The van der Waals surface area contributed by atoms with E-state index >= 15 is 0 Å². The maximum Gasteiger partial charge on any atom is 0.0781 e. The highest BCUT2D eigenvalue weighted by Crippen LogP contribution is 2.47. The first kappa shape index (κ1) is 22.8. The summed E-state index contributed by atoms with van der Waals surface area (Å²) in [5, 5.41) is 0. The second kappa shape index (κ2) is 9.60. The molecular formula is C30H37NO. The van der Waals surface area contributed by atoms with Crippen molar-refractivity contribution in [3.05, 3.63) is 107 Å². The Labute approximate surface area is 194 Å². The molecule has 1 unspecified atom stereocenters. The summed E-state index contributed by atoms with van der Waals surface area (Å²) in [4.78, 5) is 2.67. The van der Waals surface area contributed by atoms with Crippen LogP contribution in [0.2, 0.25) is 0 Å². The lowest BCUT2D eigenvalue weighted by atomic mass is 9.71. The number of likely N-dealkylation sites (tertiary alicyclic amines) is 1. The minimum Gasteiger partial charge on any atom is -0.374 e. The summed E-state index contributed by atoms with van der Waals surface area (Å²) < 4.78 is 6.47. The number of ether oxygens (including phenoxy) is 1. The van der Waals surface area contributed by atoms with Crippen molar-refractivity contribution in [1.29, 1.82) is 0 Å². The number of hydrogen-bond acceptors (Lipinski definition) is 2. The molecule has 1 fully saturated rings. The summed E-state index contributed by atoms with van der Waals surface area (Å²) in [6.45, 7) is 11.6. The van der Waals surface area contributed by atoms with Crippen LogP contribution in [0, 0.1) is 6.92 Å². The number of nitrogens with zero attached hydrogens (tertiary/aromatic N) is 1. The van der Waals surface area contributed by atoms with Gasteiger partial charge in [-0.1, -0.05) is 97.4 Å². The third-order valence-electron chi connectivity index (χ3n) is 7.10. The van der Waals surface area contributed by atoms with Crippen molar-refractivity contribution >= 4 is 0 Å². The molecule has 0 amide bonds. The molecule has 0 aromatic heterocycles. The molecule has 1 aliphatic heterocycles. The zero-order valence-electron chi connectivity index (χ0n) is 20.1. The van der Waals surface area contributed by atoms with E-state index < -0.39 is 0 Å². The van der Waals surface area contributed by atoms with Crippen LogP contribution in [-0.4, -0.2) is 29.7 Å². The van der Waals surface area contributed by atoms with Crippen molar-refractivity contribution in [2.45, 2.75) is 64.1 Å². The molecular weight excluding hydrogens is 390 g/mol. The number of aryl methyl sites for hydroxylation is 1. The molecule has 4 rings (SSSR count). The first-order valence-electron chi connectivity index (χ1n) is 12.0. The second-order valence-electron chi connectivity index (χ2n) is 9.88. The van der Waals surface area contributed by atoms with Gasteiger partial charge in [-0.25, -0.2) is 0 Å². The fraction of sp³-hybridized carbons (Fsp3) is 0.400. The van der Waals surface area contributed by atoms with Crippen molar-refractivity contribution < 1.29 is 4.74 Å². The Bertz CT molecular complexity index is 939. The molecule has 0 saturated carbocycles. The maximum absolute atomic E-state index is 6.47. The largest absolute Gasteiger partial charge is 0.374 e. The Kier molecular flexibility index (Phi) is 6.83. The van der Waals surface area contributed by atoms with Gasteiger partial charge < -0.3 is 4.74 Å². The average molecular weight is 428 g/mol. The summed E-state index contributed by atoms with van der Waals surface area (Å²) in [6, 6.07) is 31.5. The molecule has 2 heteroatoms. The van der Waals surface area contributed by atoms with Gasteiger partial charge in [0.05, 0.1) is 5.60 Å². The molecule has 2 nitrogen and oxygen atoms in total. The van der Waals surface area contributed by atoms with Crippen LogP contribution in [-0.2, 0) is 16.7 Å². The van der Waals surface area contributed by atoms with Gasteiger partial charge in [-0.3, -0.25) is 4.90 Å². The van der Waals surface area contributed by atoms with E-state index in [2.05, 4.69) is 118 Å². The molecule has 0 aliphatic carbocycles. The zero-order valence-corrected chi connectivity index (χ0v) is 20.1. The first-order valence-corrected chi connectivity index (χ1v) is 12.0. The number of rotatable bonds is 8. The smallest absolute Gasteiger partial charge is 0.0781 e. The quantitative estimate of drug-likeness (QED) is 0.394. The summed E-state index contributed by atoms with van der Waals surface area (Å²) in [6.07, 6.45) is 2.08. The zero-order chi connectivity index (χ0) is 22.6. The standard InChI is InChI=1S/C30H37NO/c1-5-20-32-29(3,4)28-21-30(26-12-8-6-9-13-26,27-14-10-7-11-15-27)23-31(28)22-25-18-16-24(2)17-19-25/h6-19,28H,5,20-23H2,1-4H3. The van der Waals surface area contributed by atoms with Crippen LogP contribution in [0.4, 0.5) is 0 Å². The highest BCUT2D eigenvalue weighted by atomic mass is 16.5. The monoisotopic (exact) mass is 427 g/mol. The fourth-order valence-corrected chi connectivity index (χ4v) is 5.32. The van der Waals surface area contributed by atoms with Crippen molar-refractivity contribution in [3.8, 4) is 0 Å². The highest BCUT2D eigenvalue weighted by molar-refractivity contribution is 5.42. The lowest BCUT2D eigenvalue weighted by Crippen LogP contribution is -2.47. The average Bonchev–Trinajstić information content (AvgIpc) is 3.22. The van der Waals surface area contributed by atoms with Crippen LogP contribution in [0.3, 0.4) is 0 Å². The summed E-state index contributed by atoms with van der Waals surface area (Å²) in [7, 11) is 0. The van der Waals surface area contributed by atoms with E-state index in [4.69, 9.17) is 4.74 Å². The van der Waals surface area contributed by atoms with Crippen LogP contribution in [0.5, 0.6) is 0 Å². The van der Waals surface area contributed by atoms with Crippen molar-refractivity contribution in [2.24, 2.45) is 0 Å². The van der Waals surface area contributed by atoms with Gasteiger partial charge in [0.25, 0.3) is 0 Å². The Morgan fingerprint density at radius 3 is 1.97 bits per heavy atom. The Morgan fingerprint density at radius 2 is 1.44 bits per heavy atom. The van der Waals surface area contributed by atoms with Crippen LogP contribution >= 0.6 is 0 Å². The summed E-state index contributed by atoms with van der Waals surface area (Å²) in [5.41, 5.74) is 5.18. The maximum atomic E-state index is 6.47. The van der Waals surface area contributed by atoms with Gasteiger partial charge in [0.1, 0.15) is 0 Å². The van der Waals surface area contributed by atoms with Gasteiger partial charge in [0, 0.05) is 31.2 Å². The third-order valence-corrected chi connectivity index (χ3v) is 7.10. The summed E-state index contributed by atoms with van der Waals surface area (Å²) >= 11 is 0. The second-order valence-corrected chi connectivity index (χ2v) is 9.88. The normalized spacial score (nSPS) is 18.7. The van der Waals surface area contributed by atoms with E-state index in [0.717, 1.165) is 32.5 Å². The molecule has 168 valence electrons. The van der Waals surface area contributed by atoms with Gasteiger partial charge in [0.15, 0.2) is 0 Å². The Morgan fingerprint density at radius 1 is 0.875 bits per heavy atom. The van der Waals surface area contributed by atoms with E-state index in [1.54, 1.807) is 0 Å². The lowest BCUT2D eigenvalue weighted by molar-refractivity contribution is -0.0701. The van der Waals surface area contributed by atoms with E-state index in [0.29, 0.717) is 6.04 Å². The molecule has 1 heterocycles. The predicted octanol–water partition coefficient (Wildman–Crippen LogP) is 6.76. The molecule has 3 aromatic carbocycles. The van der Waals surface area contributed by atoms with Gasteiger partial charge in [0.2, 0.25) is 0 Å². The van der Waals surface area contributed by atoms with E-state index in [-0.39, 0.29) is 11.0 Å². The minimum atomic E-state index is -0.230. The molecule has 0 bridgehead atoms.